The molecule has 0 saturated heterocycles. The average Bonchev–Trinajstić information content (AvgIpc) is 3.75. The lowest BCUT2D eigenvalue weighted by atomic mass is 9.81. The highest BCUT2D eigenvalue weighted by molar-refractivity contribution is 6.15. The summed E-state index contributed by atoms with van der Waals surface area (Å²) >= 11 is 0. The quantitative estimate of drug-likeness (QED) is 0.195. The molecule has 0 amide bonds. The Morgan fingerprint density at radius 2 is 1.02 bits per heavy atom. The molecule has 0 unspecified atom stereocenters. The number of aromatic nitrogens is 5. The molecule has 5 nitrogen and oxygen atoms in total. The van der Waals surface area contributed by atoms with Crippen LogP contribution in [-0.2, 0) is 5.41 Å². The van der Waals surface area contributed by atoms with E-state index >= 15 is 0 Å². The van der Waals surface area contributed by atoms with Crippen LogP contribution in [0.2, 0.25) is 0 Å². The van der Waals surface area contributed by atoms with Crippen LogP contribution < -0.4 is 0 Å². The molecule has 0 radical (unpaired) electrons. The van der Waals surface area contributed by atoms with Gasteiger partial charge in [-0.25, -0.2) is 4.98 Å². The molecule has 0 N–H and O–H groups in total. The topological polar surface area (TPSA) is 48.5 Å². The Morgan fingerprint density at radius 1 is 0.469 bits per heavy atom. The van der Waals surface area contributed by atoms with Crippen LogP contribution in [0.5, 0.6) is 0 Å². The summed E-state index contributed by atoms with van der Waals surface area (Å²) in [5, 5.41) is 3.55. The van der Waals surface area contributed by atoms with Gasteiger partial charge in [-0.05, 0) is 41.5 Å². The second-order valence-corrected chi connectivity index (χ2v) is 13.3. The van der Waals surface area contributed by atoms with Crippen LogP contribution >= 0.6 is 0 Å². The molecule has 49 heavy (non-hydrogen) atoms. The number of hydrogen-bond acceptors (Lipinski definition) is 3. The molecule has 232 valence electrons. The van der Waals surface area contributed by atoms with E-state index in [1.807, 2.05) is 36.4 Å². The van der Waals surface area contributed by atoms with Crippen molar-refractivity contribution >= 4 is 32.7 Å². The second kappa shape index (κ2) is 10.3. The number of nitrogens with zero attached hydrogens (tertiary/aromatic N) is 5. The molecule has 5 heteroatoms. The zero-order valence-electron chi connectivity index (χ0n) is 27.2. The second-order valence-electron chi connectivity index (χ2n) is 13.3. The zero-order chi connectivity index (χ0) is 32.7. The number of benzene rings is 6. The zero-order valence-corrected chi connectivity index (χ0v) is 27.2. The van der Waals surface area contributed by atoms with E-state index in [0.29, 0.717) is 17.6 Å². The van der Waals surface area contributed by atoms with Crippen molar-refractivity contribution in [2.75, 3.05) is 0 Å². The van der Waals surface area contributed by atoms with Crippen molar-refractivity contribution in [1.29, 1.82) is 0 Å². The summed E-state index contributed by atoms with van der Waals surface area (Å²) in [5.74, 6) is 1.88. The van der Waals surface area contributed by atoms with E-state index in [2.05, 4.69) is 138 Å². The first-order valence-corrected chi connectivity index (χ1v) is 16.7. The lowest BCUT2D eigenvalue weighted by molar-refractivity contribution is 0.666. The average molecular weight is 630 g/mol. The first-order chi connectivity index (χ1) is 24.1. The highest BCUT2D eigenvalue weighted by Gasteiger charge is 2.40. The third-order valence-corrected chi connectivity index (χ3v) is 10.1. The highest BCUT2D eigenvalue weighted by Crippen LogP contribution is 2.54. The Hall–Kier alpha value is -6.33. The SMILES string of the molecule is CC1(C)c2ccccc2-c2c1c1cc3c(cc1n2-c1ccccc1)c1ccccc1n3-c1nc(-c2ccccc2)nc(-c2ccccc2)n1. The van der Waals surface area contributed by atoms with Gasteiger partial charge in [-0.15, -0.1) is 0 Å². The molecule has 1 aliphatic carbocycles. The van der Waals surface area contributed by atoms with Gasteiger partial charge in [-0.3, -0.25) is 4.57 Å². The summed E-state index contributed by atoms with van der Waals surface area (Å²) in [4.78, 5) is 15.3. The van der Waals surface area contributed by atoms with Gasteiger partial charge in [-0.1, -0.05) is 135 Å². The van der Waals surface area contributed by atoms with Crippen LogP contribution in [0.3, 0.4) is 0 Å². The summed E-state index contributed by atoms with van der Waals surface area (Å²) in [6.07, 6.45) is 0. The van der Waals surface area contributed by atoms with Crippen molar-refractivity contribution in [2.24, 2.45) is 0 Å². The van der Waals surface area contributed by atoms with Crippen LogP contribution in [0, 0.1) is 0 Å². The van der Waals surface area contributed by atoms with Gasteiger partial charge in [0.05, 0.1) is 22.2 Å². The Kier molecular flexibility index (Phi) is 5.85. The minimum Gasteiger partial charge on any atom is -0.309 e. The lowest BCUT2D eigenvalue weighted by Gasteiger charge is -2.21. The van der Waals surface area contributed by atoms with Gasteiger partial charge in [0.15, 0.2) is 11.6 Å². The summed E-state index contributed by atoms with van der Waals surface area (Å²) in [6, 6.07) is 53.3. The van der Waals surface area contributed by atoms with Crippen molar-refractivity contribution in [2.45, 2.75) is 19.3 Å². The number of fused-ring (bicyclic) bond motifs is 8. The highest BCUT2D eigenvalue weighted by atomic mass is 15.2. The maximum absolute atomic E-state index is 5.17. The molecule has 3 heterocycles. The van der Waals surface area contributed by atoms with E-state index in [0.717, 1.165) is 38.6 Å². The Balaban J connectivity index is 1.34. The summed E-state index contributed by atoms with van der Waals surface area (Å²) in [7, 11) is 0. The van der Waals surface area contributed by atoms with Crippen molar-refractivity contribution < 1.29 is 0 Å². The normalized spacial score (nSPS) is 13.3. The summed E-state index contributed by atoms with van der Waals surface area (Å²) < 4.78 is 4.69. The molecule has 0 saturated carbocycles. The lowest BCUT2D eigenvalue weighted by Crippen LogP contribution is -2.14. The van der Waals surface area contributed by atoms with Crippen molar-refractivity contribution in [3.63, 3.8) is 0 Å². The minimum atomic E-state index is -0.192. The van der Waals surface area contributed by atoms with Gasteiger partial charge in [-0.2, -0.15) is 9.97 Å². The number of hydrogen-bond donors (Lipinski definition) is 0. The van der Waals surface area contributed by atoms with Crippen LogP contribution in [0.25, 0.3) is 78.4 Å². The van der Waals surface area contributed by atoms with Gasteiger partial charge >= 0.3 is 0 Å². The first-order valence-electron chi connectivity index (χ1n) is 16.7. The van der Waals surface area contributed by atoms with Crippen molar-refractivity contribution in [1.82, 2.24) is 24.1 Å². The molecule has 6 aromatic carbocycles. The third-order valence-electron chi connectivity index (χ3n) is 10.1. The predicted molar refractivity (Wildman–Crippen MR) is 199 cm³/mol. The van der Waals surface area contributed by atoms with Crippen LogP contribution in [-0.4, -0.2) is 24.1 Å². The van der Waals surface area contributed by atoms with E-state index in [9.17, 15) is 0 Å². The fourth-order valence-corrected chi connectivity index (χ4v) is 7.96. The van der Waals surface area contributed by atoms with Gasteiger partial charge < -0.3 is 4.57 Å². The molecule has 3 aromatic heterocycles. The van der Waals surface area contributed by atoms with Crippen LogP contribution in [0.1, 0.15) is 25.0 Å². The fourth-order valence-electron chi connectivity index (χ4n) is 7.96. The minimum absolute atomic E-state index is 0.192. The van der Waals surface area contributed by atoms with Gasteiger partial charge in [0.1, 0.15) is 0 Å². The van der Waals surface area contributed by atoms with Crippen molar-refractivity contribution in [3.8, 4) is 45.7 Å². The van der Waals surface area contributed by atoms with Crippen molar-refractivity contribution in [3.05, 3.63) is 163 Å². The molecule has 1 aliphatic rings. The molecular weight excluding hydrogens is 599 g/mol. The molecule has 10 rings (SSSR count). The largest absolute Gasteiger partial charge is 0.309 e. The van der Waals surface area contributed by atoms with E-state index in [1.54, 1.807) is 0 Å². The fraction of sp³-hybridized carbons (Fsp3) is 0.0682. The van der Waals surface area contributed by atoms with Gasteiger partial charge in [0, 0.05) is 44.0 Å². The van der Waals surface area contributed by atoms with Crippen LogP contribution in [0.15, 0.2) is 152 Å². The molecule has 0 atom stereocenters. The summed E-state index contributed by atoms with van der Waals surface area (Å²) in [6.45, 7) is 4.72. The van der Waals surface area contributed by atoms with Gasteiger partial charge in [0.2, 0.25) is 5.95 Å². The van der Waals surface area contributed by atoms with Gasteiger partial charge in [0.25, 0.3) is 0 Å². The molecule has 0 fully saturated rings. The van der Waals surface area contributed by atoms with E-state index in [4.69, 9.17) is 15.0 Å². The predicted octanol–water partition coefficient (Wildman–Crippen LogP) is 10.6. The number of para-hydroxylation sites is 2. The molecule has 9 aromatic rings. The standard InChI is InChI=1S/C44H31N5/c1-44(2)35-24-14-12-23-32(35)40-39(44)34-27-37-33(26-38(34)48(40)30-20-10-5-11-21-30)31-22-13-15-25-36(31)49(37)43-46-41(28-16-6-3-7-17-28)45-42(47-43)29-18-8-4-9-19-29/h3-27H,1-2H3. The Bertz CT molecular complexity index is 2660. The first kappa shape index (κ1) is 27.8. The number of rotatable bonds is 4. The molecule has 0 aliphatic heterocycles. The molecule has 0 bridgehead atoms. The Labute approximate surface area is 283 Å². The van der Waals surface area contributed by atoms with E-state index in [-0.39, 0.29) is 5.41 Å². The van der Waals surface area contributed by atoms with Crippen LogP contribution in [0.4, 0.5) is 0 Å². The van der Waals surface area contributed by atoms with E-state index in [1.165, 1.54) is 33.3 Å². The monoisotopic (exact) mass is 629 g/mol. The smallest absolute Gasteiger partial charge is 0.238 e. The Morgan fingerprint density at radius 3 is 1.71 bits per heavy atom. The maximum atomic E-state index is 5.17. The molecule has 0 spiro atoms. The summed E-state index contributed by atoms with van der Waals surface area (Å²) in [5.41, 5.74) is 11.4. The maximum Gasteiger partial charge on any atom is 0.238 e. The molecular formula is C44H31N5. The van der Waals surface area contributed by atoms with E-state index < -0.39 is 0 Å². The third kappa shape index (κ3) is 4.02.